The van der Waals surface area contributed by atoms with Gasteiger partial charge in [0.25, 0.3) is 5.91 Å². The Hall–Kier alpha value is -3.24. The van der Waals surface area contributed by atoms with Crippen LogP contribution in [0.1, 0.15) is 37.3 Å². The zero-order chi connectivity index (χ0) is 24.5. The Labute approximate surface area is 199 Å². The molecule has 2 aliphatic heterocycles. The molecule has 34 heavy (non-hydrogen) atoms. The van der Waals surface area contributed by atoms with Crippen molar-refractivity contribution in [3.8, 4) is 0 Å². The molecule has 2 heterocycles. The predicted octanol–water partition coefficient (Wildman–Crippen LogP) is 2.58. The molecule has 1 atom stereocenters. The average Bonchev–Trinajstić information content (AvgIpc) is 3.44. The van der Waals surface area contributed by atoms with Crippen molar-refractivity contribution < 1.29 is 22.8 Å². The van der Waals surface area contributed by atoms with Gasteiger partial charge in [-0.05, 0) is 49.9 Å². The van der Waals surface area contributed by atoms with Crippen LogP contribution in [0.2, 0.25) is 0 Å². The third-order valence-electron chi connectivity index (χ3n) is 6.37. The maximum absolute atomic E-state index is 13.3. The van der Waals surface area contributed by atoms with E-state index >= 15 is 0 Å². The number of hydrogen-bond donors (Lipinski definition) is 2. The molecule has 10 heteroatoms. The minimum atomic E-state index is -3.64. The molecule has 2 aromatic carbocycles. The molecule has 0 unspecified atom stereocenters. The minimum absolute atomic E-state index is 0.0894. The zero-order valence-electron chi connectivity index (χ0n) is 19.2. The second-order valence-corrected chi connectivity index (χ2v) is 10.6. The number of aryl methyl sites for hydroxylation is 1. The second kappa shape index (κ2) is 9.19. The molecule has 4 rings (SSSR count). The molecule has 2 saturated heterocycles. The molecule has 2 aliphatic rings. The van der Waals surface area contributed by atoms with Crippen LogP contribution < -0.4 is 10.6 Å². The highest BCUT2D eigenvalue weighted by Gasteiger charge is 2.51. The average molecular weight is 485 g/mol. The van der Waals surface area contributed by atoms with E-state index < -0.39 is 40.0 Å². The molecule has 180 valence electrons. The van der Waals surface area contributed by atoms with E-state index in [1.807, 2.05) is 19.1 Å². The number of amides is 4. The second-order valence-electron chi connectivity index (χ2n) is 8.63. The number of carbonyl (C=O) groups excluding carboxylic acids is 3. The highest BCUT2D eigenvalue weighted by atomic mass is 32.2. The summed E-state index contributed by atoms with van der Waals surface area (Å²) in [6, 6.07) is 12.7. The summed E-state index contributed by atoms with van der Waals surface area (Å²) in [4.78, 5) is 39.6. The normalized spacial score (nSPS) is 21.1. The van der Waals surface area contributed by atoms with E-state index in [-0.39, 0.29) is 10.6 Å². The molecule has 2 aromatic rings. The fourth-order valence-corrected chi connectivity index (χ4v) is 5.97. The maximum Gasteiger partial charge on any atom is 0.325 e. The third kappa shape index (κ3) is 4.30. The minimum Gasteiger partial charge on any atom is -0.324 e. The van der Waals surface area contributed by atoms with Gasteiger partial charge in [-0.3, -0.25) is 14.5 Å². The molecular weight excluding hydrogens is 456 g/mol. The van der Waals surface area contributed by atoms with Crippen LogP contribution in [0.5, 0.6) is 0 Å². The van der Waals surface area contributed by atoms with Crippen LogP contribution in [-0.4, -0.2) is 55.1 Å². The van der Waals surface area contributed by atoms with Crippen LogP contribution in [0.3, 0.4) is 0 Å². The SMILES string of the molecule is CC[C@]1(c2ccc(C)cc2)NC(=O)N(CC(=O)Nc2cccc(S(=O)(=O)N3CCCC3)c2)C1=O. The Morgan fingerprint density at radius 2 is 1.76 bits per heavy atom. The molecule has 9 nitrogen and oxygen atoms in total. The van der Waals surface area contributed by atoms with Crippen molar-refractivity contribution in [3.63, 3.8) is 0 Å². The number of nitrogens with one attached hydrogen (secondary N) is 2. The van der Waals surface area contributed by atoms with Crippen LogP contribution in [-0.2, 0) is 25.2 Å². The number of benzene rings is 2. The van der Waals surface area contributed by atoms with Crippen LogP contribution in [0, 0.1) is 6.92 Å². The molecule has 2 fully saturated rings. The van der Waals surface area contributed by atoms with Crippen molar-refractivity contribution in [1.29, 1.82) is 0 Å². The van der Waals surface area contributed by atoms with Gasteiger partial charge in [-0.15, -0.1) is 0 Å². The highest BCUT2D eigenvalue weighted by molar-refractivity contribution is 7.89. The van der Waals surface area contributed by atoms with Gasteiger partial charge in [-0.2, -0.15) is 4.31 Å². The zero-order valence-corrected chi connectivity index (χ0v) is 20.0. The Morgan fingerprint density at radius 1 is 1.09 bits per heavy atom. The summed E-state index contributed by atoms with van der Waals surface area (Å²) in [5.74, 6) is -1.10. The van der Waals surface area contributed by atoms with Crippen LogP contribution in [0.15, 0.2) is 53.4 Å². The largest absolute Gasteiger partial charge is 0.325 e. The van der Waals surface area contributed by atoms with E-state index in [2.05, 4.69) is 10.6 Å². The van der Waals surface area contributed by atoms with Crippen molar-refractivity contribution in [3.05, 3.63) is 59.7 Å². The van der Waals surface area contributed by atoms with E-state index in [4.69, 9.17) is 0 Å². The Kier molecular flexibility index (Phi) is 6.46. The smallest absolute Gasteiger partial charge is 0.324 e. The summed E-state index contributed by atoms with van der Waals surface area (Å²) in [6.45, 7) is 4.20. The van der Waals surface area contributed by atoms with E-state index in [1.165, 1.54) is 16.4 Å². The summed E-state index contributed by atoms with van der Waals surface area (Å²) in [5.41, 5.74) is 0.727. The first-order chi connectivity index (χ1) is 16.2. The monoisotopic (exact) mass is 484 g/mol. The molecule has 0 radical (unpaired) electrons. The van der Waals surface area contributed by atoms with Gasteiger partial charge in [0.2, 0.25) is 15.9 Å². The number of rotatable bonds is 7. The lowest BCUT2D eigenvalue weighted by Crippen LogP contribution is -2.44. The Balaban J connectivity index is 1.49. The van der Waals surface area contributed by atoms with E-state index in [0.717, 1.165) is 23.3 Å². The van der Waals surface area contributed by atoms with Gasteiger partial charge in [0.05, 0.1) is 4.90 Å². The Morgan fingerprint density at radius 3 is 2.41 bits per heavy atom. The van der Waals surface area contributed by atoms with E-state index in [9.17, 15) is 22.8 Å². The molecule has 0 aliphatic carbocycles. The first-order valence-electron chi connectivity index (χ1n) is 11.3. The molecule has 2 N–H and O–H groups in total. The number of carbonyl (C=O) groups is 3. The van der Waals surface area contributed by atoms with Gasteiger partial charge in [-0.25, -0.2) is 13.2 Å². The van der Waals surface area contributed by atoms with Gasteiger partial charge in [0.15, 0.2) is 0 Å². The topological polar surface area (TPSA) is 116 Å². The Bertz CT molecular complexity index is 1220. The lowest BCUT2D eigenvalue weighted by molar-refractivity contribution is -0.134. The molecule has 0 saturated carbocycles. The molecule has 4 amide bonds. The highest BCUT2D eigenvalue weighted by Crippen LogP contribution is 2.32. The van der Waals surface area contributed by atoms with Gasteiger partial charge in [-0.1, -0.05) is 42.8 Å². The number of sulfonamides is 1. The number of nitrogens with zero attached hydrogens (tertiary/aromatic N) is 2. The van der Waals surface area contributed by atoms with Gasteiger partial charge >= 0.3 is 6.03 Å². The number of hydrogen-bond acceptors (Lipinski definition) is 5. The number of anilines is 1. The lowest BCUT2D eigenvalue weighted by atomic mass is 9.87. The van der Waals surface area contributed by atoms with Crippen LogP contribution in [0.4, 0.5) is 10.5 Å². The first-order valence-corrected chi connectivity index (χ1v) is 12.7. The summed E-state index contributed by atoms with van der Waals surface area (Å²) in [7, 11) is -3.64. The fraction of sp³-hybridized carbons (Fsp3) is 0.375. The van der Waals surface area contributed by atoms with Crippen molar-refractivity contribution in [1.82, 2.24) is 14.5 Å². The molecule has 0 bridgehead atoms. The van der Waals surface area contributed by atoms with Gasteiger partial charge in [0.1, 0.15) is 12.1 Å². The molecule has 0 spiro atoms. The van der Waals surface area contributed by atoms with Gasteiger partial charge in [0, 0.05) is 18.8 Å². The van der Waals surface area contributed by atoms with E-state index in [1.54, 1.807) is 31.2 Å². The van der Waals surface area contributed by atoms with E-state index in [0.29, 0.717) is 25.1 Å². The van der Waals surface area contributed by atoms with Crippen molar-refractivity contribution >= 4 is 33.6 Å². The number of urea groups is 1. The fourth-order valence-electron chi connectivity index (χ4n) is 4.40. The van der Waals surface area contributed by atoms with Crippen molar-refractivity contribution in [2.75, 3.05) is 25.0 Å². The summed E-state index contributed by atoms with van der Waals surface area (Å²) in [6.07, 6.45) is 1.97. The molecule has 0 aromatic heterocycles. The maximum atomic E-state index is 13.3. The van der Waals surface area contributed by atoms with Gasteiger partial charge < -0.3 is 10.6 Å². The number of imide groups is 1. The summed E-state index contributed by atoms with van der Waals surface area (Å²) >= 11 is 0. The lowest BCUT2D eigenvalue weighted by Gasteiger charge is -2.26. The quantitative estimate of drug-likeness (QED) is 0.586. The first kappa shape index (κ1) is 23.9. The predicted molar refractivity (Wildman–Crippen MR) is 126 cm³/mol. The molecular formula is C24H28N4O5S. The van der Waals surface area contributed by atoms with Crippen LogP contribution >= 0.6 is 0 Å². The summed E-state index contributed by atoms with van der Waals surface area (Å²) < 4.78 is 27.0. The van der Waals surface area contributed by atoms with Crippen molar-refractivity contribution in [2.24, 2.45) is 0 Å². The summed E-state index contributed by atoms with van der Waals surface area (Å²) in [5, 5.41) is 5.36. The van der Waals surface area contributed by atoms with Crippen molar-refractivity contribution in [2.45, 2.75) is 43.5 Å². The van der Waals surface area contributed by atoms with Crippen LogP contribution in [0.25, 0.3) is 0 Å². The standard InChI is InChI=1S/C24H28N4O5S/c1-3-24(18-11-9-17(2)10-12-18)22(30)28(23(31)26-24)16-21(29)25-19-7-6-8-20(15-19)34(32,33)27-13-4-5-14-27/h6-12,15H,3-5,13-14,16H2,1-2H3,(H,25,29)(H,26,31)/t24-/m1/s1. The third-order valence-corrected chi connectivity index (χ3v) is 8.27.